The number of carbonyl (C=O) groups is 1. The predicted molar refractivity (Wildman–Crippen MR) is 118 cm³/mol. The Kier molecular flexibility index (Phi) is 5.32. The number of piperazine rings is 1. The van der Waals surface area contributed by atoms with Crippen molar-refractivity contribution in [3.8, 4) is 0 Å². The van der Waals surface area contributed by atoms with Gasteiger partial charge in [0, 0.05) is 43.6 Å². The van der Waals surface area contributed by atoms with Crippen LogP contribution < -0.4 is 10.2 Å². The first kappa shape index (κ1) is 21.1. The first-order valence-corrected chi connectivity index (χ1v) is 10.7. The van der Waals surface area contributed by atoms with Crippen LogP contribution in [0.2, 0.25) is 0 Å². The average molecular weight is 453 g/mol. The smallest absolute Gasteiger partial charge is 0.254 e. The molecule has 1 unspecified atom stereocenters. The van der Waals surface area contributed by atoms with Gasteiger partial charge in [-0.25, -0.2) is 17.9 Å². The van der Waals surface area contributed by atoms with Crippen molar-refractivity contribution in [1.82, 2.24) is 14.7 Å². The van der Waals surface area contributed by atoms with Crippen LogP contribution in [-0.4, -0.2) is 46.8 Å². The summed E-state index contributed by atoms with van der Waals surface area (Å²) in [7, 11) is 0. The zero-order valence-electron chi connectivity index (χ0n) is 17.9. The maximum atomic E-state index is 14.8. The van der Waals surface area contributed by atoms with E-state index in [1.54, 1.807) is 30.0 Å². The van der Waals surface area contributed by atoms with E-state index in [0.717, 1.165) is 5.69 Å². The van der Waals surface area contributed by atoms with Gasteiger partial charge in [-0.05, 0) is 43.3 Å². The molecule has 0 bridgehead atoms. The average Bonchev–Trinajstić information content (AvgIpc) is 3.27. The third-order valence-corrected chi connectivity index (χ3v) is 6.17. The predicted octanol–water partition coefficient (Wildman–Crippen LogP) is 3.94. The second kappa shape index (κ2) is 8.31. The lowest BCUT2D eigenvalue weighted by Gasteiger charge is -2.38. The minimum Gasteiger partial charge on any atom is -0.368 e. The van der Waals surface area contributed by atoms with Crippen molar-refractivity contribution in [2.75, 3.05) is 36.4 Å². The molecule has 33 heavy (non-hydrogen) atoms. The van der Waals surface area contributed by atoms with Crippen molar-refractivity contribution < 1.29 is 18.0 Å². The molecule has 2 aromatic carbocycles. The van der Waals surface area contributed by atoms with E-state index < -0.39 is 17.7 Å². The summed E-state index contributed by atoms with van der Waals surface area (Å²) in [6.45, 7) is 3.69. The molecule has 1 atom stereocenters. The van der Waals surface area contributed by atoms with Gasteiger partial charge in [0.2, 0.25) is 0 Å². The minimum atomic E-state index is -1.03. The lowest BCUT2D eigenvalue weighted by molar-refractivity contribution is -0.128. The molecule has 6 nitrogen and oxygen atoms in total. The Morgan fingerprint density at radius 2 is 1.64 bits per heavy atom. The molecule has 1 fully saturated rings. The highest BCUT2D eigenvalue weighted by atomic mass is 19.1. The van der Waals surface area contributed by atoms with Crippen LogP contribution in [0.1, 0.15) is 18.5 Å². The number of anilines is 2. The fraction of sp³-hybridized carbons (Fsp3) is 0.250. The van der Waals surface area contributed by atoms with Gasteiger partial charge in [-0.15, -0.1) is 0 Å². The molecule has 0 radical (unpaired) electrons. The zero-order chi connectivity index (χ0) is 23.1. The summed E-state index contributed by atoms with van der Waals surface area (Å²) in [5.41, 5.74) is 1.45. The van der Waals surface area contributed by atoms with Crippen LogP contribution in [0.4, 0.5) is 24.7 Å². The van der Waals surface area contributed by atoms with Gasteiger partial charge in [-0.3, -0.25) is 4.79 Å². The van der Waals surface area contributed by atoms with E-state index in [-0.39, 0.29) is 22.9 Å². The molecule has 5 rings (SSSR count). The summed E-state index contributed by atoms with van der Waals surface area (Å²) in [4.78, 5) is 17.4. The van der Waals surface area contributed by atoms with E-state index >= 15 is 0 Å². The van der Waals surface area contributed by atoms with Crippen molar-refractivity contribution >= 4 is 17.4 Å². The number of halogens is 3. The fourth-order valence-corrected chi connectivity index (χ4v) is 4.51. The van der Waals surface area contributed by atoms with Gasteiger partial charge in [0.1, 0.15) is 29.3 Å². The third kappa shape index (κ3) is 3.73. The maximum absolute atomic E-state index is 14.8. The maximum Gasteiger partial charge on any atom is 0.254 e. The Morgan fingerprint density at radius 3 is 2.30 bits per heavy atom. The summed E-state index contributed by atoms with van der Waals surface area (Å²) >= 11 is 0. The molecule has 1 N–H and O–H groups in total. The second-order valence-electron chi connectivity index (χ2n) is 8.12. The van der Waals surface area contributed by atoms with Crippen LogP contribution in [0, 0.1) is 17.5 Å². The Bertz CT molecular complexity index is 1210. The summed E-state index contributed by atoms with van der Waals surface area (Å²) in [5.74, 6) is -1.51. The second-order valence-corrected chi connectivity index (χ2v) is 8.12. The number of nitrogens with zero attached hydrogens (tertiary/aromatic N) is 4. The lowest BCUT2D eigenvalue weighted by Crippen LogP contribution is -2.50. The number of aromatic nitrogens is 2. The quantitative estimate of drug-likeness (QED) is 0.653. The van der Waals surface area contributed by atoms with Crippen LogP contribution >= 0.6 is 0 Å². The highest BCUT2D eigenvalue weighted by Crippen LogP contribution is 2.38. The van der Waals surface area contributed by atoms with Crippen LogP contribution in [0.3, 0.4) is 0 Å². The van der Waals surface area contributed by atoms with Crippen molar-refractivity contribution in [2.45, 2.75) is 13.0 Å². The van der Waals surface area contributed by atoms with E-state index in [4.69, 9.17) is 0 Å². The Hall–Kier alpha value is -3.75. The molecule has 2 aliphatic heterocycles. The molecule has 170 valence electrons. The summed E-state index contributed by atoms with van der Waals surface area (Å²) in [6, 6.07) is 10.6. The molecule has 9 heteroatoms. The highest BCUT2D eigenvalue weighted by molar-refractivity contribution is 5.97. The van der Waals surface area contributed by atoms with Gasteiger partial charge in [-0.2, -0.15) is 5.10 Å². The number of hydrogen-bond acceptors (Lipinski definition) is 4. The van der Waals surface area contributed by atoms with E-state index in [1.165, 1.54) is 41.2 Å². The van der Waals surface area contributed by atoms with Crippen LogP contribution in [0.25, 0.3) is 0 Å². The van der Waals surface area contributed by atoms with Gasteiger partial charge >= 0.3 is 0 Å². The monoisotopic (exact) mass is 453 g/mol. The fourth-order valence-electron chi connectivity index (χ4n) is 4.51. The van der Waals surface area contributed by atoms with Crippen LogP contribution in [0.15, 0.2) is 66.0 Å². The molecule has 1 amide bonds. The van der Waals surface area contributed by atoms with Crippen molar-refractivity contribution in [1.29, 1.82) is 0 Å². The topological polar surface area (TPSA) is 53.4 Å². The van der Waals surface area contributed by atoms with E-state index in [1.807, 2.05) is 0 Å². The molecule has 0 spiro atoms. The number of amides is 1. The number of benzene rings is 2. The SMILES string of the molecule is CC1=C(C(=O)N2CCN(c3ccc(F)cc3)CC2)C(c2c(F)cccc2F)n2nccc2N1. The molecule has 1 saturated heterocycles. The molecular formula is C24H22F3N5O. The van der Waals surface area contributed by atoms with Crippen LogP contribution in [0.5, 0.6) is 0 Å². The van der Waals surface area contributed by atoms with Gasteiger partial charge < -0.3 is 15.1 Å². The lowest BCUT2D eigenvalue weighted by atomic mass is 9.93. The van der Waals surface area contributed by atoms with Crippen molar-refractivity contribution in [2.24, 2.45) is 0 Å². The molecule has 1 aromatic heterocycles. The first-order chi connectivity index (χ1) is 15.9. The number of rotatable bonds is 3. The Morgan fingerprint density at radius 1 is 0.970 bits per heavy atom. The number of fused-ring (bicyclic) bond motifs is 1. The van der Waals surface area contributed by atoms with Crippen molar-refractivity contribution in [3.63, 3.8) is 0 Å². The van der Waals surface area contributed by atoms with E-state index in [9.17, 15) is 18.0 Å². The summed E-state index contributed by atoms with van der Waals surface area (Å²) in [5, 5.41) is 7.38. The van der Waals surface area contributed by atoms with Crippen LogP contribution in [-0.2, 0) is 4.79 Å². The van der Waals surface area contributed by atoms with Gasteiger partial charge in [0.15, 0.2) is 0 Å². The van der Waals surface area contributed by atoms with Gasteiger partial charge in [0.05, 0.1) is 17.3 Å². The van der Waals surface area contributed by atoms with E-state index in [0.29, 0.717) is 37.7 Å². The summed E-state index contributed by atoms with van der Waals surface area (Å²) in [6.07, 6.45) is 1.52. The summed E-state index contributed by atoms with van der Waals surface area (Å²) < 4.78 is 44.3. The number of hydrogen-bond donors (Lipinski definition) is 1. The highest BCUT2D eigenvalue weighted by Gasteiger charge is 2.38. The number of carbonyl (C=O) groups excluding carboxylic acids is 1. The zero-order valence-corrected chi connectivity index (χ0v) is 17.9. The normalized spacial score (nSPS) is 18.2. The molecule has 2 aliphatic rings. The molecule has 0 saturated carbocycles. The van der Waals surface area contributed by atoms with Gasteiger partial charge in [0.25, 0.3) is 5.91 Å². The van der Waals surface area contributed by atoms with Gasteiger partial charge in [-0.1, -0.05) is 6.07 Å². The molecule has 3 aromatic rings. The van der Waals surface area contributed by atoms with Crippen molar-refractivity contribution in [3.05, 3.63) is 89.0 Å². The van der Waals surface area contributed by atoms with E-state index in [2.05, 4.69) is 15.3 Å². The molecule has 3 heterocycles. The number of allylic oxidation sites excluding steroid dienone is 1. The number of nitrogens with one attached hydrogen (secondary N) is 1. The third-order valence-electron chi connectivity index (χ3n) is 6.17. The Balaban J connectivity index is 1.44. The first-order valence-electron chi connectivity index (χ1n) is 10.7. The Labute approximate surface area is 188 Å². The standard InChI is InChI=1S/C24H22F3N5O/c1-15-21(24(33)31-13-11-30(12-14-31)17-7-5-16(25)6-8-17)23(32-20(29-15)9-10-28-32)22-18(26)3-2-4-19(22)27/h2-10,23,29H,11-14H2,1H3. The minimum absolute atomic E-state index is 0.211. The molecular weight excluding hydrogens is 431 g/mol. The largest absolute Gasteiger partial charge is 0.368 e. The molecule has 0 aliphatic carbocycles.